The number of thiophene rings is 1. The summed E-state index contributed by atoms with van der Waals surface area (Å²) in [6.07, 6.45) is 1.73. The topological polar surface area (TPSA) is 30.0 Å². The first-order valence-corrected chi connectivity index (χ1v) is 5.63. The van der Waals surface area contributed by atoms with Crippen molar-refractivity contribution in [3.63, 3.8) is 0 Å². The van der Waals surface area contributed by atoms with Crippen molar-refractivity contribution in [1.29, 1.82) is 0 Å². The van der Waals surface area contributed by atoms with Gasteiger partial charge in [-0.2, -0.15) is 11.3 Å². The maximum atomic E-state index is 12.0. The van der Waals surface area contributed by atoms with Gasteiger partial charge in [-0.15, -0.1) is 0 Å². The Morgan fingerprint density at radius 2 is 2.20 bits per heavy atom. The molecule has 0 amide bonds. The Morgan fingerprint density at radius 1 is 1.40 bits per heavy atom. The molecule has 2 heterocycles. The maximum Gasteiger partial charge on any atom is 0.212 e. The van der Waals surface area contributed by atoms with Gasteiger partial charge in [0.15, 0.2) is 0 Å². The van der Waals surface area contributed by atoms with Gasteiger partial charge in [-0.05, 0) is 36.4 Å². The average molecular weight is 217 g/mol. The first-order chi connectivity index (χ1) is 7.18. The van der Waals surface area contributed by atoms with E-state index in [1.165, 1.54) is 11.3 Å². The standard InChI is InChI=1S/C12H11NOS/c1-8-5-9(2)11(13-6-8)12(14)10-3-4-15-7-10/h3-7H,1-2H3. The average Bonchev–Trinajstić information content (AvgIpc) is 2.69. The van der Waals surface area contributed by atoms with Crippen LogP contribution in [0.2, 0.25) is 0 Å². The molecule has 2 nitrogen and oxygen atoms in total. The number of carbonyl (C=O) groups excluding carboxylic acids is 1. The zero-order valence-electron chi connectivity index (χ0n) is 8.65. The van der Waals surface area contributed by atoms with Crippen molar-refractivity contribution in [2.45, 2.75) is 13.8 Å². The number of aromatic nitrogens is 1. The van der Waals surface area contributed by atoms with Crippen molar-refractivity contribution >= 4 is 17.1 Å². The molecule has 0 spiro atoms. The summed E-state index contributed by atoms with van der Waals surface area (Å²) >= 11 is 1.52. The highest BCUT2D eigenvalue weighted by molar-refractivity contribution is 7.08. The molecule has 76 valence electrons. The highest BCUT2D eigenvalue weighted by Gasteiger charge is 2.13. The van der Waals surface area contributed by atoms with Gasteiger partial charge in [-0.1, -0.05) is 6.07 Å². The van der Waals surface area contributed by atoms with Crippen LogP contribution in [0.3, 0.4) is 0 Å². The fourth-order valence-corrected chi connectivity index (χ4v) is 2.12. The van der Waals surface area contributed by atoms with Gasteiger partial charge in [-0.25, -0.2) is 0 Å². The number of hydrogen-bond acceptors (Lipinski definition) is 3. The molecule has 2 aromatic heterocycles. The number of hydrogen-bond donors (Lipinski definition) is 0. The molecular weight excluding hydrogens is 206 g/mol. The first-order valence-electron chi connectivity index (χ1n) is 4.68. The summed E-state index contributed by atoms with van der Waals surface area (Å²) in [5.74, 6) is 0.00810. The Morgan fingerprint density at radius 3 is 2.80 bits per heavy atom. The van der Waals surface area contributed by atoms with Crippen LogP contribution in [0.5, 0.6) is 0 Å². The molecule has 2 aromatic rings. The molecule has 0 aliphatic rings. The molecule has 0 unspecified atom stereocenters. The molecule has 0 saturated heterocycles. The number of nitrogens with zero attached hydrogens (tertiary/aromatic N) is 1. The number of aryl methyl sites for hydroxylation is 2. The van der Waals surface area contributed by atoms with Crippen molar-refractivity contribution in [1.82, 2.24) is 4.98 Å². The lowest BCUT2D eigenvalue weighted by Crippen LogP contribution is -2.05. The van der Waals surface area contributed by atoms with E-state index >= 15 is 0 Å². The summed E-state index contributed by atoms with van der Waals surface area (Å²) < 4.78 is 0. The summed E-state index contributed by atoms with van der Waals surface area (Å²) in [5, 5.41) is 3.75. The summed E-state index contributed by atoms with van der Waals surface area (Å²) in [6.45, 7) is 3.89. The van der Waals surface area contributed by atoms with E-state index in [2.05, 4.69) is 4.98 Å². The molecule has 0 bridgehead atoms. The Labute approximate surface area is 92.6 Å². The van der Waals surface area contributed by atoms with E-state index in [9.17, 15) is 4.79 Å². The van der Waals surface area contributed by atoms with Crippen LogP contribution in [-0.4, -0.2) is 10.8 Å². The van der Waals surface area contributed by atoms with Crippen LogP contribution in [0.25, 0.3) is 0 Å². The lowest BCUT2D eigenvalue weighted by atomic mass is 10.1. The third-order valence-corrected chi connectivity index (χ3v) is 2.90. The predicted molar refractivity (Wildman–Crippen MR) is 61.5 cm³/mol. The van der Waals surface area contributed by atoms with Gasteiger partial charge in [0, 0.05) is 17.1 Å². The van der Waals surface area contributed by atoms with E-state index in [1.54, 1.807) is 6.20 Å². The maximum absolute atomic E-state index is 12.0. The van der Waals surface area contributed by atoms with Crippen LogP contribution in [0.4, 0.5) is 0 Å². The number of carbonyl (C=O) groups is 1. The van der Waals surface area contributed by atoms with Gasteiger partial charge in [0.1, 0.15) is 5.69 Å². The monoisotopic (exact) mass is 217 g/mol. The fraction of sp³-hybridized carbons (Fsp3) is 0.167. The van der Waals surface area contributed by atoms with Crippen LogP contribution >= 0.6 is 11.3 Å². The van der Waals surface area contributed by atoms with Crippen LogP contribution in [0.1, 0.15) is 27.2 Å². The van der Waals surface area contributed by atoms with Crippen LogP contribution in [-0.2, 0) is 0 Å². The normalized spacial score (nSPS) is 10.3. The molecule has 15 heavy (non-hydrogen) atoms. The van der Waals surface area contributed by atoms with Crippen LogP contribution < -0.4 is 0 Å². The lowest BCUT2D eigenvalue weighted by molar-refractivity contribution is 0.103. The third-order valence-electron chi connectivity index (χ3n) is 2.21. The molecule has 0 aliphatic carbocycles. The highest BCUT2D eigenvalue weighted by Crippen LogP contribution is 2.14. The second-order valence-electron chi connectivity index (χ2n) is 3.52. The van der Waals surface area contributed by atoms with E-state index in [0.717, 1.165) is 16.7 Å². The summed E-state index contributed by atoms with van der Waals surface area (Å²) in [4.78, 5) is 16.2. The summed E-state index contributed by atoms with van der Waals surface area (Å²) in [5.41, 5.74) is 3.29. The Hall–Kier alpha value is -1.48. The molecule has 0 aliphatic heterocycles. The Kier molecular flexibility index (Phi) is 2.64. The van der Waals surface area contributed by atoms with Crippen LogP contribution in [0, 0.1) is 13.8 Å². The van der Waals surface area contributed by atoms with Gasteiger partial charge < -0.3 is 0 Å². The minimum Gasteiger partial charge on any atom is -0.287 e. The smallest absolute Gasteiger partial charge is 0.212 e. The predicted octanol–water partition coefficient (Wildman–Crippen LogP) is 2.99. The summed E-state index contributed by atoms with van der Waals surface area (Å²) in [7, 11) is 0. The van der Waals surface area contributed by atoms with Crippen molar-refractivity contribution < 1.29 is 4.79 Å². The van der Waals surface area contributed by atoms with Crippen molar-refractivity contribution in [3.05, 3.63) is 51.5 Å². The molecule has 0 N–H and O–H groups in total. The van der Waals surface area contributed by atoms with E-state index in [1.807, 2.05) is 36.7 Å². The second-order valence-corrected chi connectivity index (χ2v) is 4.30. The molecular formula is C12H11NOS. The summed E-state index contributed by atoms with van der Waals surface area (Å²) in [6, 6.07) is 3.81. The molecule has 0 aromatic carbocycles. The Bertz CT molecular complexity index is 488. The SMILES string of the molecule is Cc1cnc(C(=O)c2ccsc2)c(C)c1. The van der Waals surface area contributed by atoms with Gasteiger partial charge >= 0.3 is 0 Å². The van der Waals surface area contributed by atoms with E-state index in [0.29, 0.717) is 5.69 Å². The zero-order chi connectivity index (χ0) is 10.8. The van der Waals surface area contributed by atoms with Gasteiger partial charge in [0.05, 0.1) is 0 Å². The zero-order valence-corrected chi connectivity index (χ0v) is 9.47. The lowest BCUT2D eigenvalue weighted by Gasteiger charge is -2.03. The fourth-order valence-electron chi connectivity index (χ4n) is 1.48. The van der Waals surface area contributed by atoms with Crippen LogP contribution in [0.15, 0.2) is 29.1 Å². The van der Waals surface area contributed by atoms with Crippen molar-refractivity contribution in [2.24, 2.45) is 0 Å². The number of pyridine rings is 1. The van der Waals surface area contributed by atoms with Crippen molar-refractivity contribution in [2.75, 3.05) is 0 Å². The van der Waals surface area contributed by atoms with Gasteiger partial charge in [0.25, 0.3) is 0 Å². The number of ketones is 1. The third kappa shape index (κ3) is 1.97. The van der Waals surface area contributed by atoms with E-state index in [4.69, 9.17) is 0 Å². The first kappa shape index (κ1) is 10.1. The Balaban J connectivity index is 2.42. The molecule has 3 heteroatoms. The second kappa shape index (κ2) is 3.95. The molecule has 0 radical (unpaired) electrons. The van der Waals surface area contributed by atoms with Gasteiger partial charge in [0.2, 0.25) is 5.78 Å². The molecule has 0 fully saturated rings. The minimum atomic E-state index is 0.00810. The molecule has 0 saturated carbocycles. The van der Waals surface area contributed by atoms with Gasteiger partial charge in [-0.3, -0.25) is 9.78 Å². The van der Waals surface area contributed by atoms with E-state index < -0.39 is 0 Å². The minimum absolute atomic E-state index is 0.00810. The quantitative estimate of drug-likeness (QED) is 0.724. The highest BCUT2D eigenvalue weighted by atomic mass is 32.1. The largest absolute Gasteiger partial charge is 0.287 e. The number of rotatable bonds is 2. The van der Waals surface area contributed by atoms with E-state index in [-0.39, 0.29) is 5.78 Å². The molecule has 0 atom stereocenters. The van der Waals surface area contributed by atoms with Crippen molar-refractivity contribution in [3.8, 4) is 0 Å². The molecule has 2 rings (SSSR count).